The van der Waals surface area contributed by atoms with Crippen LogP contribution in [-0.4, -0.2) is 23.3 Å². The number of carbonyl (C=O) groups excluding carboxylic acids is 2. The van der Waals surface area contributed by atoms with Crippen LogP contribution in [0.1, 0.15) is 40.5 Å². The van der Waals surface area contributed by atoms with E-state index in [-0.39, 0.29) is 11.8 Å². The summed E-state index contributed by atoms with van der Waals surface area (Å²) in [4.78, 5) is 25.4. The summed E-state index contributed by atoms with van der Waals surface area (Å²) in [6.07, 6.45) is 1.80. The minimum atomic E-state index is -0.188. The van der Waals surface area contributed by atoms with Crippen LogP contribution in [0.4, 0.5) is 0 Å². The molecule has 0 N–H and O–H groups in total. The Hall–Kier alpha value is -0.680. The molecular formula is C12H11Br2NO2. The summed E-state index contributed by atoms with van der Waals surface area (Å²) in [6, 6.07) is 3.40. The Morgan fingerprint density at radius 2 is 1.53 bits per heavy atom. The second kappa shape index (κ2) is 4.90. The van der Waals surface area contributed by atoms with E-state index in [0.717, 1.165) is 21.8 Å². The first-order valence-electron chi connectivity index (χ1n) is 5.41. The summed E-state index contributed by atoms with van der Waals surface area (Å²) < 4.78 is 1.57. The number of hydrogen-bond acceptors (Lipinski definition) is 2. The van der Waals surface area contributed by atoms with Crippen molar-refractivity contribution in [2.45, 2.75) is 19.8 Å². The van der Waals surface area contributed by atoms with Crippen molar-refractivity contribution < 1.29 is 9.59 Å². The van der Waals surface area contributed by atoms with Crippen molar-refractivity contribution >= 4 is 43.7 Å². The first-order chi connectivity index (χ1) is 8.06. The molecule has 0 radical (unpaired) electrons. The van der Waals surface area contributed by atoms with Crippen molar-refractivity contribution in [2.24, 2.45) is 0 Å². The van der Waals surface area contributed by atoms with Gasteiger partial charge in [0.2, 0.25) is 0 Å². The predicted molar refractivity (Wildman–Crippen MR) is 72.1 cm³/mol. The van der Waals surface area contributed by atoms with Gasteiger partial charge in [-0.25, -0.2) is 0 Å². The summed E-state index contributed by atoms with van der Waals surface area (Å²) in [5.74, 6) is -0.377. The molecule has 0 spiro atoms. The van der Waals surface area contributed by atoms with E-state index in [1.54, 1.807) is 12.1 Å². The molecule has 0 unspecified atom stereocenters. The molecule has 1 aromatic carbocycles. The lowest BCUT2D eigenvalue weighted by Crippen LogP contribution is -2.30. The molecule has 0 atom stereocenters. The lowest BCUT2D eigenvalue weighted by atomic mass is 10.1. The van der Waals surface area contributed by atoms with Gasteiger partial charge in [0.1, 0.15) is 0 Å². The van der Waals surface area contributed by atoms with E-state index in [1.807, 2.05) is 6.92 Å². The Kier molecular flexibility index (Phi) is 3.68. The van der Waals surface area contributed by atoms with Gasteiger partial charge in [-0.15, -0.1) is 0 Å². The number of hydrogen-bond donors (Lipinski definition) is 0. The zero-order valence-corrected chi connectivity index (χ0v) is 12.5. The van der Waals surface area contributed by atoms with Crippen LogP contribution < -0.4 is 0 Å². The van der Waals surface area contributed by atoms with E-state index in [4.69, 9.17) is 0 Å². The molecule has 1 heterocycles. The van der Waals surface area contributed by atoms with Gasteiger partial charge < -0.3 is 0 Å². The second-order valence-electron chi connectivity index (χ2n) is 3.93. The summed E-state index contributed by atoms with van der Waals surface area (Å²) in [6.45, 7) is 2.53. The van der Waals surface area contributed by atoms with Crippen molar-refractivity contribution in [1.82, 2.24) is 4.90 Å². The van der Waals surface area contributed by atoms with Crippen LogP contribution in [0.2, 0.25) is 0 Å². The maximum atomic E-state index is 12.0. The molecule has 1 aliphatic heterocycles. The number of rotatable bonds is 3. The van der Waals surface area contributed by atoms with Crippen molar-refractivity contribution in [3.05, 3.63) is 32.2 Å². The van der Waals surface area contributed by atoms with Gasteiger partial charge in [0, 0.05) is 15.5 Å². The fourth-order valence-electron chi connectivity index (χ4n) is 1.80. The summed E-state index contributed by atoms with van der Waals surface area (Å²) in [5, 5.41) is 0. The summed E-state index contributed by atoms with van der Waals surface area (Å²) in [5.41, 5.74) is 0.974. The van der Waals surface area contributed by atoms with Gasteiger partial charge in [-0.2, -0.15) is 0 Å². The number of halogens is 2. The standard InChI is InChI=1S/C12H11Br2NO2/c1-2-3-4-15-11(16)7-5-9(13)10(14)6-8(7)12(15)17/h5-6H,2-4H2,1H3. The van der Waals surface area contributed by atoms with Gasteiger partial charge in [0.25, 0.3) is 11.8 Å². The molecule has 5 heteroatoms. The van der Waals surface area contributed by atoms with E-state index in [0.29, 0.717) is 17.7 Å². The Bertz CT molecular complexity index is 459. The molecule has 1 aliphatic rings. The van der Waals surface area contributed by atoms with E-state index >= 15 is 0 Å². The largest absolute Gasteiger partial charge is 0.274 e. The zero-order chi connectivity index (χ0) is 12.6. The minimum absolute atomic E-state index is 0.188. The molecule has 17 heavy (non-hydrogen) atoms. The lowest BCUT2D eigenvalue weighted by Gasteiger charge is -2.12. The third kappa shape index (κ3) is 2.18. The van der Waals surface area contributed by atoms with E-state index in [2.05, 4.69) is 31.9 Å². The predicted octanol–water partition coefficient (Wildman–Crippen LogP) is 3.61. The molecule has 0 bridgehead atoms. The normalized spacial score (nSPS) is 14.4. The van der Waals surface area contributed by atoms with Gasteiger partial charge >= 0.3 is 0 Å². The highest BCUT2D eigenvalue weighted by molar-refractivity contribution is 9.13. The molecule has 2 amide bonds. The maximum Gasteiger partial charge on any atom is 0.261 e. The smallest absolute Gasteiger partial charge is 0.261 e. The fraction of sp³-hybridized carbons (Fsp3) is 0.333. The Labute approximate surface area is 116 Å². The van der Waals surface area contributed by atoms with Crippen molar-refractivity contribution in [3.8, 4) is 0 Å². The number of imide groups is 1. The highest BCUT2D eigenvalue weighted by Gasteiger charge is 2.35. The van der Waals surface area contributed by atoms with Crippen LogP contribution in [0.5, 0.6) is 0 Å². The molecular weight excluding hydrogens is 350 g/mol. The topological polar surface area (TPSA) is 37.4 Å². The second-order valence-corrected chi connectivity index (χ2v) is 5.64. The summed E-state index contributed by atoms with van der Waals surface area (Å²) in [7, 11) is 0. The Morgan fingerprint density at radius 1 is 1.06 bits per heavy atom. The van der Waals surface area contributed by atoms with Gasteiger partial charge in [-0.05, 0) is 50.4 Å². The molecule has 1 aromatic rings. The van der Waals surface area contributed by atoms with E-state index in [1.165, 1.54) is 4.90 Å². The molecule has 2 rings (SSSR count). The van der Waals surface area contributed by atoms with Crippen LogP contribution in [-0.2, 0) is 0 Å². The van der Waals surface area contributed by atoms with Gasteiger partial charge in [-0.3, -0.25) is 14.5 Å². The van der Waals surface area contributed by atoms with Gasteiger partial charge in [-0.1, -0.05) is 13.3 Å². The SMILES string of the molecule is CCCCN1C(=O)c2cc(Br)c(Br)cc2C1=O. The number of amides is 2. The molecule has 0 aliphatic carbocycles. The molecule has 0 aromatic heterocycles. The number of benzene rings is 1. The third-order valence-corrected chi connectivity index (χ3v) is 4.59. The lowest BCUT2D eigenvalue weighted by molar-refractivity contribution is 0.0652. The number of nitrogens with zero attached hydrogens (tertiary/aromatic N) is 1. The number of fused-ring (bicyclic) bond motifs is 1. The van der Waals surface area contributed by atoms with Crippen LogP contribution in [0.15, 0.2) is 21.1 Å². The van der Waals surface area contributed by atoms with Crippen LogP contribution in [0.3, 0.4) is 0 Å². The van der Waals surface area contributed by atoms with Crippen LogP contribution in [0, 0.1) is 0 Å². The molecule has 3 nitrogen and oxygen atoms in total. The van der Waals surface area contributed by atoms with Crippen molar-refractivity contribution in [3.63, 3.8) is 0 Å². The summed E-state index contributed by atoms with van der Waals surface area (Å²) >= 11 is 6.68. The van der Waals surface area contributed by atoms with Gasteiger partial charge in [0.05, 0.1) is 11.1 Å². The monoisotopic (exact) mass is 359 g/mol. The maximum absolute atomic E-state index is 12.0. The average molecular weight is 361 g/mol. The fourth-order valence-corrected chi connectivity index (χ4v) is 2.49. The molecule has 90 valence electrons. The first kappa shape index (κ1) is 12.8. The molecule has 0 saturated carbocycles. The first-order valence-corrected chi connectivity index (χ1v) is 7.00. The quantitative estimate of drug-likeness (QED) is 0.772. The van der Waals surface area contributed by atoms with E-state index in [9.17, 15) is 9.59 Å². The average Bonchev–Trinajstić information content (AvgIpc) is 2.51. The Morgan fingerprint density at radius 3 is 1.94 bits per heavy atom. The van der Waals surface area contributed by atoms with Gasteiger partial charge in [0.15, 0.2) is 0 Å². The number of unbranched alkanes of at least 4 members (excludes halogenated alkanes) is 1. The minimum Gasteiger partial charge on any atom is -0.274 e. The Balaban J connectivity index is 2.39. The van der Waals surface area contributed by atoms with E-state index < -0.39 is 0 Å². The number of carbonyl (C=O) groups is 2. The van der Waals surface area contributed by atoms with Crippen molar-refractivity contribution in [2.75, 3.05) is 6.54 Å². The highest BCUT2D eigenvalue weighted by atomic mass is 79.9. The van der Waals surface area contributed by atoms with Crippen molar-refractivity contribution in [1.29, 1.82) is 0 Å². The van der Waals surface area contributed by atoms with Crippen LogP contribution in [0.25, 0.3) is 0 Å². The van der Waals surface area contributed by atoms with Crippen LogP contribution >= 0.6 is 31.9 Å². The third-order valence-electron chi connectivity index (χ3n) is 2.75. The zero-order valence-electron chi connectivity index (χ0n) is 9.30. The highest BCUT2D eigenvalue weighted by Crippen LogP contribution is 2.32. The molecule has 0 fully saturated rings. The molecule has 0 saturated heterocycles.